The predicted octanol–water partition coefficient (Wildman–Crippen LogP) is 5.05. The van der Waals surface area contributed by atoms with Gasteiger partial charge in [-0.25, -0.2) is 0 Å². The van der Waals surface area contributed by atoms with E-state index < -0.39 is 6.04 Å². The van der Waals surface area contributed by atoms with E-state index in [0.29, 0.717) is 25.1 Å². The molecule has 3 aromatic rings. The minimum absolute atomic E-state index is 0.0199. The molecule has 4 rings (SSSR count). The molecule has 3 heterocycles. The second-order valence-electron chi connectivity index (χ2n) is 7.39. The van der Waals surface area contributed by atoms with Gasteiger partial charge in [-0.15, -0.1) is 11.3 Å². The maximum Gasteiger partial charge on any atom is 0.287 e. The molecule has 152 valence electrons. The minimum atomic E-state index is -0.549. The van der Waals surface area contributed by atoms with Crippen LogP contribution in [0.15, 0.2) is 38.5 Å². The number of amides is 2. The van der Waals surface area contributed by atoms with E-state index in [0.717, 1.165) is 28.3 Å². The average Bonchev–Trinajstić information content (AvgIpc) is 3.31. The topological polar surface area (TPSA) is 62.6 Å². The summed E-state index contributed by atoms with van der Waals surface area (Å²) in [6.45, 7) is 5.20. The van der Waals surface area contributed by atoms with Gasteiger partial charge in [0.2, 0.25) is 5.91 Å². The third-order valence-corrected chi connectivity index (χ3v) is 6.92. The number of halogens is 1. The van der Waals surface area contributed by atoms with Gasteiger partial charge < -0.3 is 14.6 Å². The van der Waals surface area contributed by atoms with Gasteiger partial charge >= 0.3 is 0 Å². The first kappa shape index (κ1) is 20.2. The van der Waals surface area contributed by atoms with Crippen LogP contribution < -0.4 is 5.32 Å². The molecule has 1 aliphatic rings. The van der Waals surface area contributed by atoms with Crippen LogP contribution in [0.3, 0.4) is 0 Å². The van der Waals surface area contributed by atoms with Crippen molar-refractivity contribution in [1.29, 1.82) is 0 Å². The highest BCUT2D eigenvalue weighted by atomic mass is 79.9. The number of fused-ring (bicyclic) bond motifs is 2. The van der Waals surface area contributed by atoms with E-state index in [1.165, 1.54) is 10.4 Å². The summed E-state index contributed by atoms with van der Waals surface area (Å²) in [6.07, 6.45) is 2.28. The summed E-state index contributed by atoms with van der Waals surface area (Å²) in [7, 11) is 0. The molecule has 0 aliphatic carbocycles. The van der Waals surface area contributed by atoms with Gasteiger partial charge in [0.1, 0.15) is 11.6 Å². The van der Waals surface area contributed by atoms with Crippen molar-refractivity contribution in [2.75, 3.05) is 6.54 Å². The fourth-order valence-corrected chi connectivity index (χ4v) is 5.09. The molecule has 7 heteroatoms. The van der Waals surface area contributed by atoms with Crippen molar-refractivity contribution < 1.29 is 14.0 Å². The van der Waals surface area contributed by atoms with Crippen molar-refractivity contribution >= 4 is 50.1 Å². The van der Waals surface area contributed by atoms with Gasteiger partial charge in [-0.3, -0.25) is 9.59 Å². The molecule has 0 bridgehead atoms. The molecule has 1 aromatic carbocycles. The molecule has 0 saturated heterocycles. The maximum atomic E-state index is 13.2. The molecule has 1 atom stereocenters. The third kappa shape index (κ3) is 3.98. The smallest absolute Gasteiger partial charge is 0.287 e. The summed E-state index contributed by atoms with van der Waals surface area (Å²) in [4.78, 5) is 29.3. The lowest BCUT2D eigenvalue weighted by Gasteiger charge is -2.30. The molecule has 0 radical (unpaired) electrons. The van der Waals surface area contributed by atoms with Gasteiger partial charge in [0, 0.05) is 33.4 Å². The molecular weight excluding hydrogens is 452 g/mol. The SMILES string of the molecule is CCCC(NC(=O)c1oc2ccc(Br)cc2c1C)C(=O)N1CCc2sccc2C1. The van der Waals surface area contributed by atoms with Crippen molar-refractivity contribution in [2.45, 2.75) is 45.7 Å². The molecule has 0 spiro atoms. The lowest BCUT2D eigenvalue weighted by atomic mass is 10.1. The zero-order valence-corrected chi connectivity index (χ0v) is 18.9. The number of carbonyl (C=O) groups excluding carboxylic acids is 2. The number of nitrogens with one attached hydrogen (secondary N) is 1. The number of rotatable bonds is 5. The molecule has 29 heavy (non-hydrogen) atoms. The van der Waals surface area contributed by atoms with Crippen molar-refractivity contribution in [1.82, 2.24) is 10.2 Å². The molecule has 1 unspecified atom stereocenters. The van der Waals surface area contributed by atoms with Gasteiger partial charge in [0.15, 0.2) is 5.76 Å². The standard InChI is InChI=1S/C22H23BrN2O3S/c1-3-4-17(22(27)25-9-7-19-14(12-25)8-10-29-19)24-21(26)20-13(2)16-11-15(23)5-6-18(16)28-20/h5-6,8,10-11,17H,3-4,7,9,12H2,1-2H3,(H,24,26). The number of thiophene rings is 1. The number of hydrogen-bond acceptors (Lipinski definition) is 4. The van der Waals surface area contributed by atoms with Gasteiger partial charge in [0.05, 0.1) is 0 Å². The first-order valence-corrected chi connectivity index (χ1v) is 11.5. The zero-order chi connectivity index (χ0) is 20.5. The second kappa shape index (κ2) is 8.32. The molecule has 0 fully saturated rings. The molecular formula is C22H23BrN2O3S. The zero-order valence-electron chi connectivity index (χ0n) is 16.5. The fourth-order valence-electron chi connectivity index (χ4n) is 3.84. The highest BCUT2D eigenvalue weighted by Gasteiger charge is 2.30. The first-order valence-electron chi connectivity index (χ1n) is 9.81. The van der Waals surface area contributed by atoms with Crippen LogP contribution in [-0.2, 0) is 17.8 Å². The fraction of sp³-hybridized carbons (Fsp3) is 0.364. The molecule has 2 aromatic heterocycles. The average molecular weight is 475 g/mol. The Morgan fingerprint density at radius 3 is 2.97 bits per heavy atom. The van der Waals surface area contributed by atoms with Crippen LogP contribution >= 0.6 is 27.3 Å². The number of hydrogen-bond donors (Lipinski definition) is 1. The molecule has 1 N–H and O–H groups in total. The largest absolute Gasteiger partial charge is 0.451 e. The van der Waals surface area contributed by atoms with Crippen LogP contribution in [0.1, 0.15) is 46.3 Å². The summed E-state index contributed by atoms with van der Waals surface area (Å²) >= 11 is 5.20. The van der Waals surface area contributed by atoms with E-state index in [1.807, 2.05) is 36.9 Å². The number of carbonyl (C=O) groups is 2. The number of benzene rings is 1. The first-order chi connectivity index (χ1) is 14.0. The summed E-state index contributed by atoms with van der Waals surface area (Å²) in [6, 6.07) is 7.19. The Kier molecular flexibility index (Phi) is 5.79. The van der Waals surface area contributed by atoms with E-state index in [1.54, 1.807) is 11.3 Å². The van der Waals surface area contributed by atoms with E-state index in [2.05, 4.69) is 32.7 Å². The van der Waals surface area contributed by atoms with E-state index >= 15 is 0 Å². The highest BCUT2D eigenvalue weighted by Crippen LogP contribution is 2.28. The molecule has 1 aliphatic heterocycles. The Balaban J connectivity index is 1.53. The Bertz CT molecular complexity index is 1070. The normalized spacial score (nSPS) is 14.7. The Morgan fingerprint density at radius 1 is 1.34 bits per heavy atom. The van der Waals surface area contributed by atoms with E-state index in [9.17, 15) is 9.59 Å². The van der Waals surface area contributed by atoms with Crippen molar-refractivity contribution in [3.8, 4) is 0 Å². The molecule has 5 nitrogen and oxygen atoms in total. The quantitative estimate of drug-likeness (QED) is 0.562. The van der Waals surface area contributed by atoms with Crippen LogP contribution in [0, 0.1) is 6.92 Å². The van der Waals surface area contributed by atoms with Gasteiger partial charge in [-0.1, -0.05) is 29.3 Å². The van der Waals surface area contributed by atoms with Crippen molar-refractivity contribution in [3.63, 3.8) is 0 Å². The van der Waals surface area contributed by atoms with Crippen molar-refractivity contribution in [2.24, 2.45) is 0 Å². The van der Waals surface area contributed by atoms with Crippen LogP contribution in [0.25, 0.3) is 11.0 Å². The van der Waals surface area contributed by atoms with Gasteiger partial charge in [-0.05, 0) is 55.0 Å². The van der Waals surface area contributed by atoms with E-state index in [-0.39, 0.29) is 17.6 Å². The Morgan fingerprint density at radius 2 is 2.17 bits per heavy atom. The number of nitrogens with zero attached hydrogens (tertiary/aromatic N) is 1. The lowest BCUT2D eigenvalue weighted by molar-refractivity contribution is -0.134. The molecule has 0 saturated carbocycles. The summed E-state index contributed by atoms with van der Waals surface area (Å²) < 4.78 is 6.73. The Hall–Kier alpha value is -2.12. The number of aryl methyl sites for hydroxylation is 1. The summed E-state index contributed by atoms with van der Waals surface area (Å²) in [5, 5.41) is 5.90. The second-order valence-corrected chi connectivity index (χ2v) is 9.31. The lowest BCUT2D eigenvalue weighted by Crippen LogP contribution is -2.49. The summed E-state index contributed by atoms with van der Waals surface area (Å²) in [5.41, 5.74) is 2.66. The Labute approximate surface area is 182 Å². The highest BCUT2D eigenvalue weighted by molar-refractivity contribution is 9.10. The van der Waals surface area contributed by atoms with Gasteiger partial charge in [0.25, 0.3) is 5.91 Å². The maximum absolute atomic E-state index is 13.2. The van der Waals surface area contributed by atoms with Crippen LogP contribution in [0.5, 0.6) is 0 Å². The predicted molar refractivity (Wildman–Crippen MR) is 118 cm³/mol. The van der Waals surface area contributed by atoms with Crippen LogP contribution in [-0.4, -0.2) is 29.3 Å². The minimum Gasteiger partial charge on any atom is -0.451 e. The third-order valence-electron chi connectivity index (χ3n) is 5.40. The molecule has 2 amide bonds. The van der Waals surface area contributed by atoms with Crippen LogP contribution in [0.4, 0.5) is 0 Å². The van der Waals surface area contributed by atoms with Crippen LogP contribution in [0.2, 0.25) is 0 Å². The van der Waals surface area contributed by atoms with Crippen molar-refractivity contribution in [3.05, 3.63) is 55.9 Å². The van der Waals surface area contributed by atoms with Gasteiger partial charge in [-0.2, -0.15) is 0 Å². The van der Waals surface area contributed by atoms with E-state index in [4.69, 9.17) is 4.42 Å². The number of furan rings is 1. The summed E-state index contributed by atoms with van der Waals surface area (Å²) in [5.74, 6) is -0.0887. The monoisotopic (exact) mass is 474 g/mol.